The number of ketones is 1. The summed E-state index contributed by atoms with van der Waals surface area (Å²) in [6.45, 7) is 4.15. The first-order chi connectivity index (χ1) is 7.96. The average molecular weight is 259 g/mol. The van der Waals surface area contributed by atoms with Crippen molar-refractivity contribution in [2.75, 3.05) is 31.1 Å². The first-order valence-corrected chi connectivity index (χ1v) is 8.24. The van der Waals surface area contributed by atoms with Crippen molar-refractivity contribution in [1.82, 2.24) is 4.90 Å². The average Bonchev–Trinajstić information content (AvgIpc) is 2.26. The first kappa shape index (κ1) is 13.0. The normalized spacial score (nSPS) is 34.8. The lowest BCUT2D eigenvalue weighted by atomic mass is 9.81. The van der Waals surface area contributed by atoms with E-state index in [1.807, 2.05) is 0 Å². The number of nitrogens with zero attached hydrogens (tertiary/aromatic N) is 1. The maximum absolute atomic E-state index is 11.8. The molecule has 1 heterocycles. The van der Waals surface area contributed by atoms with E-state index in [9.17, 15) is 13.2 Å². The smallest absolute Gasteiger partial charge is 0.152 e. The van der Waals surface area contributed by atoms with Crippen molar-refractivity contribution in [2.45, 2.75) is 26.2 Å². The summed E-state index contributed by atoms with van der Waals surface area (Å²) in [5, 5.41) is 0. The molecule has 0 aromatic carbocycles. The molecular weight excluding hydrogens is 238 g/mol. The second-order valence-corrected chi connectivity index (χ2v) is 7.80. The second kappa shape index (κ2) is 5.06. The van der Waals surface area contributed by atoms with Crippen LogP contribution in [0.15, 0.2) is 0 Å². The molecule has 0 N–H and O–H groups in total. The molecule has 1 saturated heterocycles. The standard InChI is InChI=1S/C12H21NO3S/c1-10-2-3-12(14)11(8-10)9-13-4-6-17(15,16)7-5-13/h10-11H,2-9H2,1H3. The van der Waals surface area contributed by atoms with Crippen LogP contribution in [-0.2, 0) is 14.6 Å². The van der Waals surface area contributed by atoms with Gasteiger partial charge in [0, 0.05) is 32.0 Å². The van der Waals surface area contributed by atoms with E-state index in [-0.39, 0.29) is 17.4 Å². The van der Waals surface area contributed by atoms with Crippen LogP contribution in [0.1, 0.15) is 26.2 Å². The van der Waals surface area contributed by atoms with Gasteiger partial charge in [-0.1, -0.05) is 6.92 Å². The van der Waals surface area contributed by atoms with Crippen LogP contribution in [0.5, 0.6) is 0 Å². The number of carbonyl (C=O) groups is 1. The molecule has 0 aromatic heterocycles. The van der Waals surface area contributed by atoms with Crippen LogP contribution in [-0.4, -0.2) is 50.2 Å². The molecule has 2 aliphatic rings. The molecular formula is C12H21NO3S. The Balaban J connectivity index is 1.87. The van der Waals surface area contributed by atoms with Crippen LogP contribution in [0.3, 0.4) is 0 Å². The summed E-state index contributed by atoms with van der Waals surface area (Å²) in [6.07, 6.45) is 2.70. The topological polar surface area (TPSA) is 54.5 Å². The zero-order chi connectivity index (χ0) is 12.5. The number of carbonyl (C=O) groups excluding carboxylic acids is 1. The Labute approximate surface area is 103 Å². The highest BCUT2D eigenvalue weighted by Gasteiger charge is 2.30. The summed E-state index contributed by atoms with van der Waals surface area (Å²) in [4.78, 5) is 13.9. The van der Waals surface area contributed by atoms with E-state index >= 15 is 0 Å². The lowest BCUT2D eigenvalue weighted by Gasteiger charge is -2.33. The van der Waals surface area contributed by atoms with E-state index in [1.54, 1.807) is 0 Å². The van der Waals surface area contributed by atoms with E-state index in [1.165, 1.54) is 0 Å². The van der Waals surface area contributed by atoms with Gasteiger partial charge in [0.1, 0.15) is 5.78 Å². The molecule has 1 aliphatic carbocycles. The van der Waals surface area contributed by atoms with Crippen LogP contribution < -0.4 is 0 Å². The number of hydrogen-bond acceptors (Lipinski definition) is 4. The van der Waals surface area contributed by atoms with Crippen LogP contribution in [0.2, 0.25) is 0 Å². The van der Waals surface area contributed by atoms with Crippen molar-refractivity contribution in [3.63, 3.8) is 0 Å². The molecule has 2 atom stereocenters. The van der Waals surface area contributed by atoms with Gasteiger partial charge >= 0.3 is 0 Å². The van der Waals surface area contributed by atoms with Crippen molar-refractivity contribution in [1.29, 1.82) is 0 Å². The fourth-order valence-corrected chi connectivity index (χ4v) is 4.03. The van der Waals surface area contributed by atoms with Crippen molar-refractivity contribution in [2.24, 2.45) is 11.8 Å². The summed E-state index contributed by atoms with van der Waals surface area (Å²) in [7, 11) is -2.81. The zero-order valence-corrected chi connectivity index (χ0v) is 11.2. The van der Waals surface area contributed by atoms with Gasteiger partial charge in [-0.3, -0.25) is 4.79 Å². The Morgan fingerprint density at radius 2 is 1.94 bits per heavy atom. The Kier molecular flexibility index (Phi) is 3.88. The van der Waals surface area contributed by atoms with Gasteiger partial charge in [-0.15, -0.1) is 0 Å². The predicted molar refractivity (Wildman–Crippen MR) is 66.6 cm³/mol. The maximum atomic E-state index is 11.8. The molecule has 0 bridgehead atoms. The van der Waals surface area contributed by atoms with Gasteiger partial charge in [0.2, 0.25) is 0 Å². The third kappa shape index (κ3) is 3.52. The summed E-state index contributed by atoms with van der Waals surface area (Å²) in [5.74, 6) is 1.65. The highest BCUT2D eigenvalue weighted by atomic mass is 32.2. The molecule has 2 rings (SSSR count). The number of sulfone groups is 1. The molecule has 1 saturated carbocycles. The van der Waals surface area contributed by atoms with Crippen molar-refractivity contribution < 1.29 is 13.2 Å². The molecule has 0 spiro atoms. The molecule has 98 valence electrons. The van der Waals surface area contributed by atoms with Crippen LogP contribution in [0.25, 0.3) is 0 Å². The highest BCUT2D eigenvalue weighted by molar-refractivity contribution is 7.91. The van der Waals surface area contributed by atoms with Gasteiger partial charge in [0.25, 0.3) is 0 Å². The van der Waals surface area contributed by atoms with E-state index in [0.717, 1.165) is 19.4 Å². The minimum atomic E-state index is -2.81. The minimum absolute atomic E-state index is 0.138. The molecule has 5 heteroatoms. The molecule has 0 radical (unpaired) electrons. The number of hydrogen-bond donors (Lipinski definition) is 0. The Morgan fingerprint density at radius 1 is 1.29 bits per heavy atom. The first-order valence-electron chi connectivity index (χ1n) is 6.42. The molecule has 0 amide bonds. The Morgan fingerprint density at radius 3 is 2.59 bits per heavy atom. The van der Waals surface area contributed by atoms with E-state index in [0.29, 0.717) is 31.2 Å². The summed E-state index contributed by atoms with van der Waals surface area (Å²) in [6, 6.07) is 0. The van der Waals surface area contributed by atoms with Gasteiger partial charge in [-0.2, -0.15) is 0 Å². The lowest BCUT2D eigenvalue weighted by Crippen LogP contribution is -2.44. The van der Waals surface area contributed by atoms with Gasteiger partial charge in [0.15, 0.2) is 9.84 Å². The molecule has 1 aliphatic heterocycles. The lowest BCUT2D eigenvalue weighted by molar-refractivity contribution is -0.126. The number of rotatable bonds is 2. The molecule has 2 unspecified atom stereocenters. The van der Waals surface area contributed by atoms with E-state index in [4.69, 9.17) is 0 Å². The van der Waals surface area contributed by atoms with Crippen molar-refractivity contribution in [3.8, 4) is 0 Å². The third-order valence-corrected chi connectivity index (χ3v) is 5.55. The predicted octanol–water partition coefficient (Wildman–Crippen LogP) is 0.722. The molecule has 2 fully saturated rings. The van der Waals surface area contributed by atoms with Crippen LogP contribution in [0, 0.1) is 11.8 Å². The minimum Gasteiger partial charge on any atom is -0.301 e. The van der Waals surface area contributed by atoms with Gasteiger partial charge in [0.05, 0.1) is 11.5 Å². The van der Waals surface area contributed by atoms with E-state index in [2.05, 4.69) is 11.8 Å². The Bertz CT molecular complexity index is 377. The highest BCUT2D eigenvalue weighted by Crippen LogP contribution is 2.26. The fourth-order valence-electron chi connectivity index (χ4n) is 2.75. The Hall–Kier alpha value is -0.420. The largest absolute Gasteiger partial charge is 0.301 e. The van der Waals surface area contributed by atoms with Crippen molar-refractivity contribution >= 4 is 15.6 Å². The quantitative estimate of drug-likeness (QED) is 0.733. The van der Waals surface area contributed by atoms with Crippen molar-refractivity contribution in [3.05, 3.63) is 0 Å². The maximum Gasteiger partial charge on any atom is 0.152 e. The summed E-state index contributed by atoms with van der Waals surface area (Å²) in [5.41, 5.74) is 0. The van der Waals surface area contributed by atoms with Gasteiger partial charge in [-0.25, -0.2) is 8.42 Å². The zero-order valence-electron chi connectivity index (χ0n) is 10.4. The molecule has 0 aromatic rings. The van der Waals surface area contributed by atoms with Crippen LogP contribution in [0.4, 0.5) is 0 Å². The summed E-state index contributed by atoms with van der Waals surface area (Å²) >= 11 is 0. The molecule has 4 nitrogen and oxygen atoms in total. The number of Topliss-reactive ketones (excluding diaryl/α,β-unsaturated/α-hetero) is 1. The fraction of sp³-hybridized carbons (Fsp3) is 0.917. The monoisotopic (exact) mass is 259 g/mol. The van der Waals surface area contributed by atoms with Gasteiger partial charge in [-0.05, 0) is 18.8 Å². The molecule has 17 heavy (non-hydrogen) atoms. The third-order valence-electron chi connectivity index (χ3n) is 3.94. The SMILES string of the molecule is CC1CCC(=O)C(CN2CCS(=O)(=O)CC2)C1. The van der Waals surface area contributed by atoms with Crippen LogP contribution >= 0.6 is 0 Å². The van der Waals surface area contributed by atoms with Gasteiger partial charge < -0.3 is 4.90 Å². The van der Waals surface area contributed by atoms with E-state index < -0.39 is 9.84 Å². The second-order valence-electron chi connectivity index (χ2n) is 5.50. The summed E-state index contributed by atoms with van der Waals surface area (Å²) < 4.78 is 22.6.